The van der Waals surface area contributed by atoms with Gasteiger partial charge in [0, 0.05) is 32.6 Å². The van der Waals surface area contributed by atoms with Crippen LogP contribution < -0.4 is 5.32 Å². The Morgan fingerprint density at radius 2 is 2.06 bits per heavy atom. The number of nitrogens with zero attached hydrogens (tertiary/aromatic N) is 1. The molecule has 4 nitrogen and oxygen atoms in total. The first-order chi connectivity index (χ1) is 7.29. The SMILES string of the molecule is CN(C(=O)OC(C)(C)C)[C@H]1CNC[C@@H](F)C1. The summed E-state index contributed by atoms with van der Waals surface area (Å²) >= 11 is 0. The molecule has 5 heteroatoms. The fraction of sp³-hybridized carbons (Fsp3) is 0.909. The number of alkyl halides is 1. The van der Waals surface area contributed by atoms with Crippen LogP contribution in [-0.4, -0.2) is 48.9 Å². The molecule has 1 saturated heterocycles. The number of halogens is 1. The van der Waals surface area contributed by atoms with Crippen molar-refractivity contribution in [3.63, 3.8) is 0 Å². The van der Waals surface area contributed by atoms with E-state index in [1.807, 2.05) is 20.8 Å². The summed E-state index contributed by atoms with van der Waals surface area (Å²) < 4.78 is 18.4. The maximum absolute atomic E-state index is 13.2. The Morgan fingerprint density at radius 1 is 1.44 bits per heavy atom. The first kappa shape index (κ1) is 13.2. The lowest BCUT2D eigenvalue weighted by Crippen LogP contribution is -2.51. The predicted octanol–water partition coefficient (Wildman–Crippen LogP) is 1.55. The lowest BCUT2D eigenvalue weighted by atomic mass is 10.1. The van der Waals surface area contributed by atoms with E-state index in [0.29, 0.717) is 19.5 Å². The van der Waals surface area contributed by atoms with Gasteiger partial charge in [0.15, 0.2) is 0 Å². The molecular weight excluding hydrogens is 211 g/mol. The molecular formula is C11H21FN2O2. The van der Waals surface area contributed by atoms with Crippen LogP contribution in [0.25, 0.3) is 0 Å². The quantitative estimate of drug-likeness (QED) is 0.746. The summed E-state index contributed by atoms with van der Waals surface area (Å²) in [6, 6.07) is -0.126. The molecule has 1 aliphatic rings. The third-order valence-electron chi connectivity index (χ3n) is 2.50. The summed E-state index contributed by atoms with van der Waals surface area (Å²) in [7, 11) is 1.65. The average Bonchev–Trinajstić information content (AvgIpc) is 2.14. The number of piperidine rings is 1. The van der Waals surface area contributed by atoms with Crippen molar-refractivity contribution >= 4 is 6.09 Å². The fourth-order valence-electron chi connectivity index (χ4n) is 1.65. The van der Waals surface area contributed by atoms with E-state index in [1.165, 1.54) is 4.90 Å². The van der Waals surface area contributed by atoms with Crippen molar-refractivity contribution in [3.8, 4) is 0 Å². The highest BCUT2D eigenvalue weighted by Crippen LogP contribution is 2.15. The van der Waals surface area contributed by atoms with E-state index in [2.05, 4.69) is 5.32 Å². The number of hydrogen-bond donors (Lipinski definition) is 1. The van der Waals surface area contributed by atoms with E-state index in [1.54, 1.807) is 7.05 Å². The number of hydrogen-bond acceptors (Lipinski definition) is 3. The Morgan fingerprint density at radius 3 is 2.56 bits per heavy atom. The minimum atomic E-state index is -0.886. The number of carbonyl (C=O) groups excluding carboxylic acids is 1. The minimum Gasteiger partial charge on any atom is -0.444 e. The fourth-order valence-corrected chi connectivity index (χ4v) is 1.65. The molecule has 0 bridgehead atoms. The van der Waals surface area contributed by atoms with Crippen LogP contribution in [0.4, 0.5) is 9.18 Å². The molecule has 1 rings (SSSR count). The van der Waals surface area contributed by atoms with Crippen molar-refractivity contribution in [1.82, 2.24) is 10.2 Å². The van der Waals surface area contributed by atoms with Crippen molar-refractivity contribution in [2.24, 2.45) is 0 Å². The van der Waals surface area contributed by atoms with Gasteiger partial charge in [0.05, 0.1) is 0 Å². The monoisotopic (exact) mass is 232 g/mol. The van der Waals surface area contributed by atoms with Gasteiger partial charge in [0.25, 0.3) is 0 Å². The molecule has 16 heavy (non-hydrogen) atoms. The molecule has 0 aromatic carbocycles. The molecule has 0 spiro atoms. The zero-order chi connectivity index (χ0) is 12.3. The number of ether oxygens (including phenoxy) is 1. The third kappa shape index (κ3) is 3.96. The van der Waals surface area contributed by atoms with E-state index < -0.39 is 17.9 Å². The van der Waals surface area contributed by atoms with Crippen LogP contribution in [-0.2, 0) is 4.74 Å². The summed E-state index contributed by atoms with van der Waals surface area (Å²) in [5.41, 5.74) is -0.511. The second-order valence-electron chi connectivity index (χ2n) is 5.24. The van der Waals surface area contributed by atoms with Crippen LogP contribution in [0.2, 0.25) is 0 Å². The minimum absolute atomic E-state index is 0.126. The summed E-state index contributed by atoms with van der Waals surface area (Å²) in [4.78, 5) is 13.2. The standard InChI is InChI=1S/C11H21FN2O2/c1-11(2,3)16-10(15)14(4)9-5-8(12)6-13-7-9/h8-9,13H,5-7H2,1-4H3/t8-,9+/m0/s1. The highest BCUT2D eigenvalue weighted by atomic mass is 19.1. The maximum atomic E-state index is 13.2. The third-order valence-corrected chi connectivity index (χ3v) is 2.50. The van der Waals surface area contributed by atoms with Gasteiger partial charge in [-0.05, 0) is 20.8 Å². The van der Waals surface area contributed by atoms with E-state index in [-0.39, 0.29) is 6.04 Å². The first-order valence-electron chi connectivity index (χ1n) is 5.60. The van der Waals surface area contributed by atoms with E-state index >= 15 is 0 Å². The number of nitrogens with one attached hydrogen (secondary N) is 1. The molecule has 0 saturated carbocycles. The highest BCUT2D eigenvalue weighted by Gasteiger charge is 2.29. The lowest BCUT2D eigenvalue weighted by Gasteiger charge is -2.34. The number of carbonyl (C=O) groups is 1. The Labute approximate surface area is 96.1 Å². The van der Waals surface area contributed by atoms with Gasteiger partial charge in [0.1, 0.15) is 11.8 Å². The van der Waals surface area contributed by atoms with Crippen LogP contribution in [0.5, 0.6) is 0 Å². The second-order valence-corrected chi connectivity index (χ2v) is 5.24. The topological polar surface area (TPSA) is 41.6 Å². The van der Waals surface area contributed by atoms with E-state index in [4.69, 9.17) is 4.74 Å². The van der Waals surface area contributed by atoms with Gasteiger partial charge in [-0.3, -0.25) is 0 Å². The lowest BCUT2D eigenvalue weighted by molar-refractivity contribution is 0.0169. The molecule has 94 valence electrons. The van der Waals surface area contributed by atoms with Crippen molar-refractivity contribution in [1.29, 1.82) is 0 Å². The van der Waals surface area contributed by atoms with Crippen molar-refractivity contribution < 1.29 is 13.9 Å². The number of amides is 1. The van der Waals surface area contributed by atoms with Crippen LogP contribution in [0.15, 0.2) is 0 Å². The Bertz CT molecular complexity index is 253. The van der Waals surface area contributed by atoms with Gasteiger partial charge in [-0.25, -0.2) is 9.18 Å². The highest BCUT2D eigenvalue weighted by molar-refractivity contribution is 5.68. The van der Waals surface area contributed by atoms with Crippen LogP contribution in [0.1, 0.15) is 27.2 Å². The zero-order valence-corrected chi connectivity index (χ0v) is 10.4. The largest absolute Gasteiger partial charge is 0.444 e. The molecule has 0 radical (unpaired) electrons. The number of likely N-dealkylation sites (N-methyl/N-ethyl adjacent to an activating group) is 1. The molecule has 2 atom stereocenters. The molecule has 1 amide bonds. The smallest absolute Gasteiger partial charge is 0.410 e. The molecule has 0 aromatic heterocycles. The Kier molecular flexibility index (Phi) is 4.13. The van der Waals surface area contributed by atoms with Gasteiger partial charge in [-0.1, -0.05) is 0 Å². The first-order valence-corrected chi connectivity index (χ1v) is 5.60. The Hall–Kier alpha value is -0.840. The molecule has 0 aromatic rings. The van der Waals surface area contributed by atoms with Crippen LogP contribution >= 0.6 is 0 Å². The predicted molar refractivity (Wildman–Crippen MR) is 60.2 cm³/mol. The van der Waals surface area contributed by atoms with Gasteiger partial charge >= 0.3 is 6.09 Å². The summed E-state index contributed by atoms with van der Waals surface area (Å²) in [5.74, 6) is 0. The number of rotatable bonds is 1. The second kappa shape index (κ2) is 4.99. The molecule has 0 unspecified atom stereocenters. The van der Waals surface area contributed by atoms with Crippen LogP contribution in [0, 0.1) is 0 Å². The Balaban J connectivity index is 2.49. The van der Waals surface area contributed by atoms with E-state index in [0.717, 1.165) is 0 Å². The van der Waals surface area contributed by atoms with Gasteiger partial charge < -0.3 is 15.0 Å². The average molecular weight is 232 g/mol. The molecule has 1 fully saturated rings. The summed E-state index contributed by atoms with van der Waals surface area (Å²) in [6.07, 6.45) is -0.903. The van der Waals surface area contributed by atoms with Gasteiger partial charge in [-0.2, -0.15) is 0 Å². The van der Waals surface area contributed by atoms with Crippen LogP contribution in [0.3, 0.4) is 0 Å². The molecule has 1 heterocycles. The van der Waals surface area contributed by atoms with Gasteiger partial charge in [-0.15, -0.1) is 0 Å². The molecule has 1 N–H and O–H groups in total. The van der Waals surface area contributed by atoms with E-state index in [9.17, 15) is 9.18 Å². The normalized spacial score (nSPS) is 26.3. The maximum Gasteiger partial charge on any atom is 0.410 e. The van der Waals surface area contributed by atoms with Gasteiger partial charge in [0.2, 0.25) is 0 Å². The van der Waals surface area contributed by atoms with Crippen molar-refractivity contribution in [3.05, 3.63) is 0 Å². The zero-order valence-electron chi connectivity index (χ0n) is 10.4. The summed E-state index contributed by atoms with van der Waals surface area (Å²) in [6.45, 7) is 6.44. The van der Waals surface area contributed by atoms with Crippen molar-refractivity contribution in [2.45, 2.75) is 45.0 Å². The molecule has 0 aliphatic carbocycles. The molecule has 1 aliphatic heterocycles. The van der Waals surface area contributed by atoms with Crippen molar-refractivity contribution in [2.75, 3.05) is 20.1 Å². The summed E-state index contributed by atoms with van der Waals surface area (Å²) in [5, 5.41) is 2.96.